The third kappa shape index (κ3) is 4.43. The molecule has 0 bridgehead atoms. The Balaban J connectivity index is 2.42. The number of aromatic nitrogens is 2. The van der Waals surface area contributed by atoms with E-state index in [9.17, 15) is 19.8 Å². The van der Waals surface area contributed by atoms with Crippen LogP contribution in [0.15, 0.2) is 0 Å². The van der Waals surface area contributed by atoms with Gasteiger partial charge < -0.3 is 20.2 Å². The van der Waals surface area contributed by atoms with Gasteiger partial charge in [0.25, 0.3) is 0 Å². The predicted octanol–water partition coefficient (Wildman–Crippen LogP) is 4.63. The number of unbranched alkanes of at least 4 members (excludes halogenated alkanes) is 2. The van der Waals surface area contributed by atoms with Gasteiger partial charge >= 0.3 is 11.9 Å². The molecular formula is C21H30N2O4. The Morgan fingerprint density at radius 2 is 1.15 bits per heavy atom. The summed E-state index contributed by atoms with van der Waals surface area (Å²) in [6, 6.07) is 0. The molecule has 6 heteroatoms. The Kier molecular flexibility index (Phi) is 6.88. The van der Waals surface area contributed by atoms with E-state index in [2.05, 4.69) is 23.8 Å². The molecule has 4 N–H and O–H groups in total. The summed E-state index contributed by atoms with van der Waals surface area (Å²) < 4.78 is 0. The van der Waals surface area contributed by atoms with Crippen molar-refractivity contribution in [1.82, 2.24) is 9.97 Å². The summed E-state index contributed by atoms with van der Waals surface area (Å²) in [5.74, 6) is -1.90. The van der Waals surface area contributed by atoms with Crippen molar-refractivity contribution in [2.24, 2.45) is 0 Å². The number of nitrogens with one attached hydrogen (secondary N) is 2. The molecule has 6 nitrogen and oxygen atoms in total. The molecule has 0 aliphatic heterocycles. The van der Waals surface area contributed by atoms with E-state index in [0.717, 1.165) is 72.2 Å². The lowest BCUT2D eigenvalue weighted by Crippen LogP contribution is -2.02. The Hall–Kier alpha value is -2.50. The first-order valence-corrected chi connectivity index (χ1v) is 9.68. The van der Waals surface area contributed by atoms with Gasteiger partial charge in [-0.15, -0.1) is 0 Å². The van der Waals surface area contributed by atoms with Crippen LogP contribution in [-0.4, -0.2) is 32.1 Å². The Labute approximate surface area is 160 Å². The first-order valence-electron chi connectivity index (χ1n) is 9.68. The Morgan fingerprint density at radius 3 is 1.44 bits per heavy atom. The fourth-order valence-corrected chi connectivity index (χ4v) is 3.61. The average Bonchev–Trinajstić information content (AvgIpc) is 3.10. The zero-order valence-corrected chi connectivity index (χ0v) is 16.7. The van der Waals surface area contributed by atoms with Gasteiger partial charge in [-0.05, 0) is 61.8 Å². The van der Waals surface area contributed by atoms with Crippen molar-refractivity contribution in [2.45, 2.75) is 72.6 Å². The molecular weight excluding hydrogens is 344 g/mol. The molecule has 0 aliphatic carbocycles. The largest absolute Gasteiger partial charge is 0.477 e. The minimum absolute atomic E-state index is 0.254. The molecule has 148 valence electrons. The van der Waals surface area contributed by atoms with Crippen LogP contribution < -0.4 is 0 Å². The average molecular weight is 374 g/mol. The topological polar surface area (TPSA) is 106 Å². The van der Waals surface area contributed by atoms with Gasteiger partial charge in [-0.2, -0.15) is 0 Å². The van der Waals surface area contributed by atoms with E-state index in [0.29, 0.717) is 6.42 Å². The van der Waals surface area contributed by atoms with E-state index in [1.54, 1.807) is 0 Å². The fourth-order valence-electron chi connectivity index (χ4n) is 3.61. The molecule has 0 fully saturated rings. The van der Waals surface area contributed by atoms with Crippen LogP contribution in [0.5, 0.6) is 0 Å². The molecule has 2 rings (SSSR count). The summed E-state index contributed by atoms with van der Waals surface area (Å²) in [5, 5.41) is 19.0. The summed E-state index contributed by atoms with van der Waals surface area (Å²) in [7, 11) is 0. The molecule has 0 atom stereocenters. The van der Waals surface area contributed by atoms with Crippen molar-refractivity contribution in [3.05, 3.63) is 45.0 Å². The minimum Gasteiger partial charge on any atom is -0.477 e. The van der Waals surface area contributed by atoms with E-state index in [-0.39, 0.29) is 11.4 Å². The minimum atomic E-state index is -0.950. The lowest BCUT2D eigenvalue weighted by atomic mass is 10.00. The maximum absolute atomic E-state index is 11.6. The van der Waals surface area contributed by atoms with Crippen molar-refractivity contribution < 1.29 is 19.8 Å². The number of rotatable bonds is 10. The highest BCUT2D eigenvalue weighted by atomic mass is 16.4. The van der Waals surface area contributed by atoms with E-state index < -0.39 is 11.9 Å². The number of carboxylic acids is 2. The fraction of sp³-hybridized carbons (Fsp3) is 0.524. The van der Waals surface area contributed by atoms with Crippen LogP contribution in [0.1, 0.15) is 94.1 Å². The van der Waals surface area contributed by atoms with Crippen molar-refractivity contribution in [2.75, 3.05) is 0 Å². The molecule has 27 heavy (non-hydrogen) atoms. The lowest BCUT2D eigenvalue weighted by Gasteiger charge is -2.04. The molecule has 2 aromatic rings. The molecule has 0 aromatic carbocycles. The van der Waals surface area contributed by atoms with Crippen LogP contribution in [0, 0.1) is 13.8 Å². The van der Waals surface area contributed by atoms with Gasteiger partial charge in [0.15, 0.2) is 0 Å². The van der Waals surface area contributed by atoms with E-state index in [4.69, 9.17) is 0 Å². The van der Waals surface area contributed by atoms with E-state index in [1.165, 1.54) is 0 Å². The molecule has 0 spiro atoms. The van der Waals surface area contributed by atoms with Gasteiger partial charge in [0.05, 0.1) is 0 Å². The number of carbonyl (C=O) groups is 2. The van der Waals surface area contributed by atoms with Crippen molar-refractivity contribution in [3.63, 3.8) is 0 Å². The van der Waals surface area contributed by atoms with Crippen LogP contribution in [0.4, 0.5) is 0 Å². The zero-order valence-electron chi connectivity index (χ0n) is 16.7. The quantitative estimate of drug-likeness (QED) is 0.486. The molecule has 2 aromatic heterocycles. The van der Waals surface area contributed by atoms with Gasteiger partial charge in [-0.1, -0.05) is 26.7 Å². The second-order valence-corrected chi connectivity index (χ2v) is 7.16. The van der Waals surface area contributed by atoms with Crippen LogP contribution in [0.2, 0.25) is 0 Å². The predicted molar refractivity (Wildman–Crippen MR) is 105 cm³/mol. The maximum Gasteiger partial charge on any atom is 0.352 e. The SMILES string of the molecule is CCCCc1c(C(=O)O)[nH]c(Cc2[nH]c(C(=O)O)c(CCCC)c2C)c1C. The summed E-state index contributed by atoms with van der Waals surface area (Å²) >= 11 is 0. The van der Waals surface area contributed by atoms with Gasteiger partial charge in [0.2, 0.25) is 0 Å². The van der Waals surface area contributed by atoms with Crippen LogP contribution in [0.25, 0.3) is 0 Å². The number of aromatic amines is 2. The van der Waals surface area contributed by atoms with Gasteiger partial charge in [-0.25, -0.2) is 9.59 Å². The Morgan fingerprint density at radius 1 is 0.778 bits per heavy atom. The molecule has 0 amide bonds. The summed E-state index contributed by atoms with van der Waals surface area (Å²) in [5.41, 5.74) is 5.81. The molecule has 0 saturated heterocycles. The number of aromatic carboxylic acids is 2. The molecule has 0 radical (unpaired) electrons. The van der Waals surface area contributed by atoms with Crippen molar-refractivity contribution >= 4 is 11.9 Å². The number of hydrogen-bond donors (Lipinski definition) is 4. The van der Waals surface area contributed by atoms with Crippen molar-refractivity contribution in [1.29, 1.82) is 0 Å². The highest BCUT2D eigenvalue weighted by Crippen LogP contribution is 2.27. The Bertz CT molecular complexity index is 762. The monoisotopic (exact) mass is 374 g/mol. The normalized spacial score (nSPS) is 11.1. The summed E-state index contributed by atoms with van der Waals surface area (Å²) in [6.07, 6.45) is 5.79. The number of hydrogen-bond acceptors (Lipinski definition) is 2. The third-order valence-corrected chi connectivity index (χ3v) is 5.31. The van der Waals surface area contributed by atoms with Crippen molar-refractivity contribution in [3.8, 4) is 0 Å². The third-order valence-electron chi connectivity index (χ3n) is 5.31. The van der Waals surface area contributed by atoms with Crippen LogP contribution in [-0.2, 0) is 19.3 Å². The smallest absolute Gasteiger partial charge is 0.352 e. The second-order valence-electron chi connectivity index (χ2n) is 7.16. The zero-order chi connectivity index (χ0) is 20.1. The first kappa shape index (κ1) is 20.8. The molecule has 2 heterocycles. The standard InChI is InChI=1S/C21H30N2O4/c1-5-7-9-14-12(3)16(22-18(14)20(24)25)11-17-13(4)15(10-8-6-2)19(23-17)21(26)27/h22-23H,5-11H2,1-4H3,(H,24,25)(H,26,27). The molecule has 0 aliphatic rings. The van der Waals surface area contributed by atoms with Crippen LogP contribution >= 0.6 is 0 Å². The van der Waals surface area contributed by atoms with Gasteiger partial charge in [0.1, 0.15) is 11.4 Å². The maximum atomic E-state index is 11.6. The molecule has 0 saturated carbocycles. The summed E-state index contributed by atoms with van der Waals surface area (Å²) in [4.78, 5) is 29.4. The van der Waals surface area contributed by atoms with E-state index >= 15 is 0 Å². The lowest BCUT2D eigenvalue weighted by molar-refractivity contribution is 0.0679. The van der Waals surface area contributed by atoms with E-state index in [1.807, 2.05) is 13.8 Å². The summed E-state index contributed by atoms with van der Waals surface area (Å²) in [6.45, 7) is 8.04. The highest BCUT2D eigenvalue weighted by molar-refractivity contribution is 5.89. The van der Waals surface area contributed by atoms with Gasteiger partial charge in [-0.3, -0.25) is 0 Å². The molecule has 0 unspecified atom stereocenters. The number of H-pyrrole nitrogens is 2. The number of carboxylic acid groups (broad SMARTS) is 2. The second kappa shape index (κ2) is 8.93. The highest BCUT2D eigenvalue weighted by Gasteiger charge is 2.22. The van der Waals surface area contributed by atoms with Crippen LogP contribution in [0.3, 0.4) is 0 Å². The van der Waals surface area contributed by atoms with Gasteiger partial charge in [0, 0.05) is 17.8 Å². The first-order chi connectivity index (χ1) is 12.8.